The van der Waals surface area contributed by atoms with E-state index in [0.717, 1.165) is 10.9 Å². The highest BCUT2D eigenvalue weighted by molar-refractivity contribution is 6.33. The molecule has 0 atom stereocenters. The van der Waals surface area contributed by atoms with E-state index in [-0.39, 0.29) is 0 Å². The van der Waals surface area contributed by atoms with E-state index < -0.39 is 0 Å². The van der Waals surface area contributed by atoms with E-state index in [1.807, 2.05) is 25.1 Å². The summed E-state index contributed by atoms with van der Waals surface area (Å²) < 4.78 is 5.22. The Balaban J connectivity index is 2.88. The molecule has 2 aromatic rings. The van der Waals surface area contributed by atoms with E-state index in [9.17, 15) is 0 Å². The number of benzene rings is 1. The standard InChI is InChI=1S/C11H10ClNO/c1-7-5-6-13-10-8(7)3-4-9(12)11(10)14-2/h3-6H,1-2H3. The van der Waals surface area contributed by atoms with Gasteiger partial charge in [-0.3, -0.25) is 4.98 Å². The van der Waals surface area contributed by atoms with Crippen molar-refractivity contribution >= 4 is 22.5 Å². The largest absolute Gasteiger partial charge is 0.493 e. The highest BCUT2D eigenvalue weighted by atomic mass is 35.5. The van der Waals surface area contributed by atoms with Crippen LogP contribution in [-0.4, -0.2) is 12.1 Å². The van der Waals surface area contributed by atoms with Crippen molar-refractivity contribution in [2.75, 3.05) is 7.11 Å². The molecule has 0 unspecified atom stereocenters. The maximum absolute atomic E-state index is 5.99. The molecule has 0 spiro atoms. The number of hydrogen-bond donors (Lipinski definition) is 0. The van der Waals surface area contributed by atoms with Crippen LogP contribution in [-0.2, 0) is 0 Å². The molecule has 0 bridgehead atoms. The summed E-state index contributed by atoms with van der Waals surface area (Å²) in [7, 11) is 1.60. The summed E-state index contributed by atoms with van der Waals surface area (Å²) in [6, 6.07) is 5.76. The van der Waals surface area contributed by atoms with Crippen molar-refractivity contribution in [1.82, 2.24) is 4.98 Å². The van der Waals surface area contributed by atoms with Crippen molar-refractivity contribution in [2.45, 2.75) is 6.92 Å². The van der Waals surface area contributed by atoms with Crippen LogP contribution in [0.1, 0.15) is 5.56 Å². The van der Waals surface area contributed by atoms with Gasteiger partial charge in [0.1, 0.15) is 5.52 Å². The number of ether oxygens (including phenoxy) is 1. The smallest absolute Gasteiger partial charge is 0.163 e. The molecule has 0 aliphatic rings. The number of rotatable bonds is 1. The summed E-state index contributed by atoms with van der Waals surface area (Å²) in [5.41, 5.74) is 1.99. The average molecular weight is 208 g/mol. The fourth-order valence-corrected chi connectivity index (χ4v) is 1.73. The Morgan fingerprint density at radius 3 is 2.79 bits per heavy atom. The molecule has 1 aromatic carbocycles. The first kappa shape index (κ1) is 9.28. The van der Waals surface area contributed by atoms with Gasteiger partial charge in [0.2, 0.25) is 0 Å². The Labute approximate surface area is 87.5 Å². The number of nitrogens with zero attached hydrogens (tertiary/aromatic N) is 1. The maximum atomic E-state index is 5.99. The monoisotopic (exact) mass is 207 g/mol. The normalized spacial score (nSPS) is 10.5. The summed E-state index contributed by atoms with van der Waals surface area (Å²) in [6.45, 7) is 2.04. The fourth-order valence-electron chi connectivity index (χ4n) is 1.50. The first-order valence-corrected chi connectivity index (χ1v) is 4.69. The summed E-state index contributed by atoms with van der Waals surface area (Å²) in [4.78, 5) is 4.26. The van der Waals surface area contributed by atoms with E-state index in [1.54, 1.807) is 13.3 Å². The molecule has 0 saturated carbocycles. The first-order valence-electron chi connectivity index (χ1n) is 4.32. The lowest BCUT2D eigenvalue weighted by Gasteiger charge is -2.07. The number of fused-ring (bicyclic) bond motifs is 1. The van der Waals surface area contributed by atoms with E-state index in [4.69, 9.17) is 16.3 Å². The molecule has 14 heavy (non-hydrogen) atoms. The summed E-state index contributed by atoms with van der Waals surface area (Å²) in [5.74, 6) is 0.646. The quantitative estimate of drug-likeness (QED) is 0.717. The Hall–Kier alpha value is -1.28. The summed E-state index contributed by atoms with van der Waals surface area (Å²) >= 11 is 5.99. The first-order chi connectivity index (χ1) is 6.74. The maximum Gasteiger partial charge on any atom is 0.163 e. The second kappa shape index (κ2) is 3.46. The van der Waals surface area contributed by atoms with Crippen LogP contribution in [0.3, 0.4) is 0 Å². The molecule has 1 heterocycles. The average Bonchev–Trinajstić information content (AvgIpc) is 2.18. The molecule has 0 aliphatic heterocycles. The molecule has 0 fully saturated rings. The van der Waals surface area contributed by atoms with E-state index in [1.165, 1.54) is 5.56 Å². The van der Waals surface area contributed by atoms with Crippen molar-refractivity contribution in [1.29, 1.82) is 0 Å². The van der Waals surface area contributed by atoms with Crippen molar-refractivity contribution < 1.29 is 4.74 Å². The number of methoxy groups -OCH3 is 1. The number of aromatic nitrogens is 1. The van der Waals surface area contributed by atoms with Gasteiger partial charge in [-0.25, -0.2) is 0 Å². The van der Waals surface area contributed by atoms with Gasteiger partial charge in [0.25, 0.3) is 0 Å². The predicted molar refractivity (Wildman–Crippen MR) is 58.0 cm³/mol. The van der Waals surface area contributed by atoms with Gasteiger partial charge in [-0.05, 0) is 24.6 Å². The molecule has 0 amide bonds. The van der Waals surface area contributed by atoms with Crippen LogP contribution in [0.4, 0.5) is 0 Å². The van der Waals surface area contributed by atoms with Crippen molar-refractivity contribution in [3.8, 4) is 5.75 Å². The molecule has 1 aromatic heterocycles. The lowest BCUT2D eigenvalue weighted by atomic mass is 10.1. The molecule has 2 nitrogen and oxygen atoms in total. The highest BCUT2D eigenvalue weighted by Crippen LogP contribution is 2.32. The zero-order valence-electron chi connectivity index (χ0n) is 8.04. The zero-order valence-corrected chi connectivity index (χ0v) is 8.80. The van der Waals surface area contributed by atoms with Gasteiger partial charge < -0.3 is 4.74 Å². The summed E-state index contributed by atoms with van der Waals surface area (Å²) in [6.07, 6.45) is 1.76. The lowest BCUT2D eigenvalue weighted by Crippen LogP contribution is -1.90. The number of pyridine rings is 1. The van der Waals surface area contributed by atoms with Crippen LogP contribution in [0.25, 0.3) is 10.9 Å². The molecule has 2 rings (SSSR count). The van der Waals surface area contributed by atoms with Crippen molar-refractivity contribution in [3.05, 3.63) is 35.0 Å². The van der Waals surface area contributed by atoms with Gasteiger partial charge >= 0.3 is 0 Å². The van der Waals surface area contributed by atoms with Crippen LogP contribution in [0, 0.1) is 6.92 Å². The Morgan fingerprint density at radius 2 is 2.07 bits per heavy atom. The van der Waals surface area contributed by atoms with E-state index in [0.29, 0.717) is 10.8 Å². The third-order valence-electron chi connectivity index (χ3n) is 2.24. The van der Waals surface area contributed by atoms with Crippen LogP contribution >= 0.6 is 11.6 Å². The molecule has 0 saturated heterocycles. The number of hydrogen-bond acceptors (Lipinski definition) is 2. The van der Waals surface area contributed by atoms with Gasteiger partial charge in [-0.2, -0.15) is 0 Å². The molecule has 72 valence electrons. The second-order valence-corrected chi connectivity index (χ2v) is 3.51. The van der Waals surface area contributed by atoms with Crippen LogP contribution in [0.2, 0.25) is 5.02 Å². The minimum atomic E-state index is 0.595. The van der Waals surface area contributed by atoms with Gasteiger partial charge in [0.15, 0.2) is 5.75 Å². The number of aryl methyl sites for hydroxylation is 1. The predicted octanol–water partition coefficient (Wildman–Crippen LogP) is 3.21. The van der Waals surface area contributed by atoms with Crippen LogP contribution in [0.15, 0.2) is 24.4 Å². The van der Waals surface area contributed by atoms with Gasteiger partial charge in [-0.15, -0.1) is 0 Å². The number of halogens is 1. The van der Waals surface area contributed by atoms with Crippen molar-refractivity contribution in [2.24, 2.45) is 0 Å². The Morgan fingerprint density at radius 1 is 1.29 bits per heavy atom. The SMILES string of the molecule is COc1c(Cl)ccc2c(C)ccnc12. The van der Waals surface area contributed by atoms with E-state index in [2.05, 4.69) is 4.98 Å². The topological polar surface area (TPSA) is 22.1 Å². The zero-order chi connectivity index (χ0) is 10.1. The van der Waals surface area contributed by atoms with Gasteiger partial charge in [-0.1, -0.05) is 17.7 Å². The summed E-state index contributed by atoms with van der Waals surface area (Å²) in [5, 5.41) is 1.67. The third-order valence-corrected chi connectivity index (χ3v) is 2.54. The lowest BCUT2D eigenvalue weighted by molar-refractivity contribution is 0.419. The second-order valence-electron chi connectivity index (χ2n) is 3.10. The minimum absolute atomic E-state index is 0.595. The van der Waals surface area contributed by atoms with Gasteiger partial charge in [0, 0.05) is 11.6 Å². The molecular weight excluding hydrogens is 198 g/mol. The van der Waals surface area contributed by atoms with Crippen LogP contribution in [0.5, 0.6) is 5.75 Å². The third kappa shape index (κ3) is 1.32. The van der Waals surface area contributed by atoms with Crippen LogP contribution < -0.4 is 4.74 Å². The Kier molecular flexibility index (Phi) is 2.30. The molecule has 0 radical (unpaired) electrons. The highest BCUT2D eigenvalue weighted by Gasteiger charge is 2.08. The fraction of sp³-hybridized carbons (Fsp3) is 0.182. The Bertz CT molecular complexity index is 482. The molecule has 0 aliphatic carbocycles. The van der Waals surface area contributed by atoms with Crippen molar-refractivity contribution in [3.63, 3.8) is 0 Å². The molecular formula is C11H10ClNO. The van der Waals surface area contributed by atoms with E-state index >= 15 is 0 Å². The minimum Gasteiger partial charge on any atom is -0.493 e. The van der Waals surface area contributed by atoms with Gasteiger partial charge in [0.05, 0.1) is 12.1 Å². The molecule has 0 N–H and O–H groups in total. The molecule has 3 heteroatoms.